The molecule has 0 aliphatic rings. The van der Waals surface area contributed by atoms with Crippen molar-refractivity contribution in [2.75, 3.05) is 0 Å². The van der Waals surface area contributed by atoms with Gasteiger partial charge in [0.05, 0.1) is 0 Å². The lowest BCUT2D eigenvalue weighted by molar-refractivity contribution is 0.922. The normalized spacial score (nSPS) is 8.50. The molecule has 0 heterocycles. The van der Waals surface area contributed by atoms with Crippen molar-refractivity contribution in [3.63, 3.8) is 0 Å². The zero-order valence-electron chi connectivity index (χ0n) is 6.51. The van der Waals surface area contributed by atoms with Crippen molar-refractivity contribution in [1.82, 2.24) is 0 Å². The van der Waals surface area contributed by atoms with Crippen LogP contribution < -0.4 is 0 Å². The van der Waals surface area contributed by atoms with Gasteiger partial charge in [0, 0.05) is 0 Å². The van der Waals surface area contributed by atoms with Crippen LogP contribution >= 0.6 is 9.90 Å². The summed E-state index contributed by atoms with van der Waals surface area (Å²) in [6, 6.07) is 10.6. The zero-order chi connectivity index (χ0) is 6.53. The van der Waals surface area contributed by atoms with Crippen molar-refractivity contribution in [2.45, 2.75) is 19.8 Å². The third-order valence-corrected chi connectivity index (χ3v) is 1.38. The largest absolute Gasteiger partial charge is 0.153 e. The van der Waals surface area contributed by atoms with E-state index in [2.05, 4.69) is 37.3 Å². The van der Waals surface area contributed by atoms with Crippen molar-refractivity contribution in [1.29, 1.82) is 0 Å². The summed E-state index contributed by atoms with van der Waals surface area (Å²) in [7, 11) is 0. The Hall–Kier alpha value is -0.350. The molecule has 10 heavy (non-hydrogen) atoms. The van der Waals surface area contributed by atoms with Crippen LogP contribution in [0.25, 0.3) is 0 Å². The maximum Gasteiger partial charge on any atom is -0.0281 e. The fourth-order valence-electron chi connectivity index (χ4n) is 0.933. The van der Waals surface area contributed by atoms with E-state index >= 15 is 0 Å². The average Bonchev–Trinajstić information content (AvgIpc) is 1.91. The monoisotopic (exact) mass is 154 g/mol. The molecule has 0 spiro atoms. The second kappa shape index (κ2) is 5.44. The van der Waals surface area contributed by atoms with E-state index in [0.717, 1.165) is 0 Å². The van der Waals surface area contributed by atoms with Gasteiger partial charge in [0.15, 0.2) is 0 Å². The highest BCUT2D eigenvalue weighted by Crippen LogP contribution is 2.00. The molecule has 1 atom stereocenters. The molecule has 0 bridgehead atoms. The molecule has 0 fully saturated rings. The van der Waals surface area contributed by atoms with Gasteiger partial charge in [-0.3, -0.25) is 0 Å². The molecule has 56 valence electrons. The van der Waals surface area contributed by atoms with E-state index in [1.807, 2.05) is 0 Å². The Labute approximate surface area is 66.3 Å². The Kier molecular flexibility index (Phi) is 5.25. The summed E-state index contributed by atoms with van der Waals surface area (Å²) < 4.78 is 0. The molecule has 1 aromatic rings. The van der Waals surface area contributed by atoms with Gasteiger partial charge >= 0.3 is 0 Å². The Morgan fingerprint density at radius 3 is 2.20 bits per heavy atom. The first kappa shape index (κ1) is 9.65. The fourth-order valence-corrected chi connectivity index (χ4v) is 0.933. The first-order valence-electron chi connectivity index (χ1n) is 3.47. The predicted octanol–water partition coefficient (Wildman–Crippen LogP) is 2.70. The SMILES string of the molecule is CCCc1ccccc1.P. The molecule has 0 saturated carbocycles. The number of benzene rings is 1. The molecule has 0 aromatic heterocycles. The van der Waals surface area contributed by atoms with Crippen LogP contribution in [0.3, 0.4) is 0 Å². The maximum atomic E-state index is 2.20. The number of aryl methyl sites for hydroxylation is 1. The average molecular weight is 154 g/mol. The molecule has 0 aliphatic carbocycles. The molecule has 0 nitrogen and oxygen atoms in total. The van der Waals surface area contributed by atoms with Gasteiger partial charge in [-0.2, -0.15) is 9.90 Å². The third-order valence-electron chi connectivity index (χ3n) is 1.38. The van der Waals surface area contributed by atoms with Gasteiger partial charge in [0.25, 0.3) is 0 Å². The first-order valence-corrected chi connectivity index (χ1v) is 3.47. The van der Waals surface area contributed by atoms with Crippen molar-refractivity contribution in [3.05, 3.63) is 35.9 Å². The quantitative estimate of drug-likeness (QED) is 0.574. The summed E-state index contributed by atoms with van der Waals surface area (Å²) >= 11 is 0. The Morgan fingerprint density at radius 1 is 1.10 bits per heavy atom. The van der Waals surface area contributed by atoms with E-state index in [4.69, 9.17) is 0 Å². The predicted molar refractivity (Wildman–Crippen MR) is 51.5 cm³/mol. The molecule has 1 rings (SSSR count). The molecular formula is C9H15P. The molecular weight excluding hydrogens is 139 g/mol. The minimum Gasteiger partial charge on any atom is -0.153 e. The van der Waals surface area contributed by atoms with Gasteiger partial charge in [-0.25, -0.2) is 0 Å². The molecule has 0 N–H and O–H groups in total. The van der Waals surface area contributed by atoms with Crippen molar-refractivity contribution in [2.24, 2.45) is 0 Å². The third kappa shape index (κ3) is 2.98. The highest BCUT2D eigenvalue weighted by Gasteiger charge is 1.84. The Bertz CT molecular complexity index is 158. The van der Waals surface area contributed by atoms with Crippen LogP contribution in [-0.4, -0.2) is 0 Å². The lowest BCUT2D eigenvalue weighted by Crippen LogP contribution is -1.78. The summed E-state index contributed by atoms with van der Waals surface area (Å²) in [4.78, 5) is 0. The smallest absolute Gasteiger partial charge is 0.0281 e. The highest BCUT2D eigenvalue weighted by atomic mass is 31.0. The molecule has 0 saturated heterocycles. The van der Waals surface area contributed by atoms with Gasteiger partial charge in [-0.05, 0) is 12.0 Å². The summed E-state index contributed by atoms with van der Waals surface area (Å²) in [5.41, 5.74) is 1.44. The van der Waals surface area contributed by atoms with E-state index in [1.54, 1.807) is 0 Å². The number of hydrogen-bond donors (Lipinski definition) is 0. The number of hydrogen-bond acceptors (Lipinski definition) is 0. The van der Waals surface area contributed by atoms with Crippen LogP contribution in [0.15, 0.2) is 30.3 Å². The minimum absolute atomic E-state index is 0. The lowest BCUT2D eigenvalue weighted by atomic mass is 10.1. The van der Waals surface area contributed by atoms with Crippen LogP contribution in [0.5, 0.6) is 0 Å². The molecule has 1 heteroatoms. The van der Waals surface area contributed by atoms with Gasteiger partial charge in [0.2, 0.25) is 0 Å². The molecule has 1 unspecified atom stereocenters. The highest BCUT2D eigenvalue weighted by molar-refractivity contribution is 6.92. The second-order valence-corrected chi connectivity index (χ2v) is 2.24. The van der Waals surface area contributed by atoms with Crippen LogP contribution in [0.2, 0.25) is 0 Å². The second-order valence-electron chi connectivity index (χ2n) is 2.24. The van der Waals surface area contributed by atoms with E-state index in [0.29, 0.717) is 0 Å². The van der Waals surface area contributed by atoms with Crippen molar-refractivity contribution >= 4 is 9.90 Å². The lowest BCUT2D eigenvalue weighted by Gasteiger charge is -1.93. The zero-order valence-corrected chi connectivity index (χ0v) is 7.92. The van der Waals surface area contributed by atoms with Crippen molar-refractivity contribution < 1.29 is 0 Å². The van der Waals surface area contributed by atoms with Gasteiger partial charge < -0.3 is 0 Å². The standard InChI is InChI=1S/C9H12.H3P/c1-2-6-9-7-4-3-5-8-9;/h3-5,7-8H,2,6H2,1H3;1H3. The van der Waals surface area contributed by atoms with Crippen LogP contribution in [0.4, 0.5) is 0 Å². The summed E-state index contributed by atoms with van der Waals surface area (Å²) in [5, 5.41) is 0. The maximum absolute atomic E-state index is 2.20. The molecule has 1 aromatic carbocycles. The van der Waals surface area contributed by atoms with Crippen LogP contribution in [0.1, 0.15) is 18.9 Å². The summed E-state index contributed by atoms with van der Waals surface area (Å²) in [6.07, 6.45) is 2.45. The first-order chi connectivity index (χ1) is 4.43. The number of rotatable bonds is 2. The topological polar surface area (TPSA) is 0 Å². The van der Waals surface area contributed by atoms with E-state index < -0.39 is 0 Å². The Balaban J connectivity index is 0.000000810. The van der Waals surface area contributed by atoms with Gasteiger partial charge in [0.1, 0.15) is 0 Å². The van der Waals surface area contributed by atoms with Crippen molar-refractivity contribution in [3.8, 4) is 0 Å². The summed E-state index contributed by atoms with van der Waals surface area (Å²) in [5.74, 6) is 0. The fraction of sp³-hybridized carbons (Fsp3) is 0.333. The van der Waals surface area contributed by atoms with Gasteiger partial charge in [-0.15, -0.1) is 0 Å². The van der Waals surface area contributed by atoms with Gasteiger partial charge in [-0.1, -0.05) is 43.7 Å². The molecule has 0 amide bonds. The minimum atomic E-state index is 0. The van der Waals surface area contributed by atoms with Crippen LogP contribution in [0, 0.1) is 0 Å². The Morgan fingerprint density at radius 2 is 1.70 bits per heavy atom. The van der Waals surface area contributed by atoms with E-state index in [1.165, 1.54) is 18.4 Å². The molecule has 0 aliphatic heterocycles. The van der Waals surface area contributed by atoms with E-state index in [9.17, 15) is 0 Å². The summed E-state index contributed by atoms with van der Waals surface area (Å²) in [6.45, 7) is 2.20. The molecule has 0 radical (unpaired) electrons. The van der Waals surface area contributed by atoms with E-state index in [-0.39, 0.29) is 9.90 Å². The van der Waals surface area contributed by atoms with Crippen LogP contribution in [-0.2, 0) is 6.42 Å².